The molecule has 0 saturated carbocycles. The van der Waals surface area contributed by atoms with Gasteiger partial charge >= 0.3 is 5.97 Å². The zero-order chi connectivity index (χ0) is 28.3. The summed E-state index contributed by atoms with van der Waals surface area (Å²) in [6.45, 7) is 8.05. The Morgan fingerprint density at radius 3 is 2.54 bits per heavy atom. The van der Waals surface area contributed by atoms with Crippen molar-refractivity contribution in [1.29, 1.82) is 0 Å². The molecule has 39 heavy (non-hydrogen) atoms. The molecule has 0 aliphatic carbocycles. The molecule has 0 bridgehead atoms. The van der Waals surface area contributed by atoms with Crippen molar-refractivity contribution in [3.8, 4) is 11.5 Å². The molecule has 4 rings (SSSR count). The van der Waals surface area contributed by atoms with Gasteiger partial charge in [-0.05, 0) is 57.0 Å². The molecule has 3 heterocycles. The number of hydrogen-bond acceptors (Lipinski definition) is 10. The van der Waals surface area contributed by atoms with E-state index in [-0.39, 0.29) is 21.3 Å². The zero-order valence-electron chi connectivity index (χ0n) is 22.4. The van der Waals surface area contributed by atoms with Gasteiger partial charge in [-0.2, -0.15) is 0 Å². The number of anilines is 1. The van der Waals surface area contributed by atoms with Crippen LogP contribution in [-0.2, 0) is 9.53 Å². The van der Waals surface area contributed by atoms with E-state index < -0.39 is 29.5 Å². The minimum absolute atomic E-state index is 0.0242. The average Bonchev–Trinajstić information content (AvgIpc) is 3.60. The summed E-state index contributed by atoms with van der Waals surface area (Å²) in [5, 5.41) is 11.1. The number of unbranched alkanes of at least 4 members (excludes halogenated alkanes) is 1. The average molecular weight is 555 g/mol. The molecule has 1 aromatic carbocycles. The van der Waals surface area contributed by atoms with Gasteiger partial charge in [0.25, 0.3) is 5.91 Å². The lowest BCUT2D eigenvalue weighted by molar-refractivity contribution is -0.117. The number of carbonyl (C=O) groups is 3. The minimum Gasteiger partial charge on any atom is -0.503 e. The fourth-order valence-electron chi connectivity index (χ4n) is 4.22. The summed E-state index contributed by atoms with van der Waals surface area (Å²) in [6.07, 6.45) is 1.83. The number of rotatable bonds is 11. The maximum Gasteiger partial charge on any atom is 0.350 e. The molecular formula is C28H30N2O8S. The number of aliphatic hydroxyl groups is 1. The van der Waals surface area contributed by atoms with Gasteiger partial charge in [-0.25, -0.2) is 9.78 Å². The molecule has 1 amide bonds. The van der Waals surface area contributed by atoms with Gasteiger partial charge < -0.3 is 23.7 Å². The number of aliphatic hydroxyl groups excluding tert-OH is 1. The van der Waals surface area contributed by atoms with Crippen LogP contribution in [0.15, 0.2) is 46.1 Å². The highest BCUT2D eigenvalue weighted by Gasteiger charge is 2.47. The third kappa shape index (κ3) is 5.40. The Hall–Kier alpha value is -4.12. The van der Waals surface area contributed by atoms with E-state index >= 15 is 0 Å². The van der Waals surface area contributed by atoms with Crippen molar-refractivity contribution >= 4 is 34.1 Å². The van der Waals surface area contributed by atoms with Crippen LogP contribution in [-0.4, -0.2) is 48.1 Å². The maximum atomic E-state index is 13.6. The number of Topliss-reactive ketones (excluding diaryl/α,β-unsaturated/α-hetero) is 1. The highest BCUT2D eigenvalue weighted by Crippen LogP contribution is 2.45. The van der Waals surface area contributed by atoms with Gasteiger partial charge in [0.1, 0.15) is 10.6 Å². The Balaban J connectivity index is 1.86. The van der Waals surface area contributed by atoms with E-state index in [1.54, 1.807) is 38.1 Å². The molecule has 0 saturated heterocycles. The zero-order valence-corrected chi connectivity index (χ0v) is 23.2. The van der Waals surface area contributed by atoms with Crippen LogP contribution < -0.4 is 14.4 Å². The Kier molecular flexibility index (Phi) is 8.39. The molecule has 0 fully saturated rings. The number of nitrogens with zero attached hydrogens (tertiary/aromatic N) is 2. The van der Waals surface area contributed by atoms with Crippen LogP contribution in [0.25, 0.3) is 0 Å². The standard InChI is InChI=1S/C28H30N2O8S/c1-6-8-13-37-18-12-10-17(14-20(18)36-7-2)22-21(23(31)19-11-9-15(3)38-19)24(32)26(33)30(22)28-29-16(4)25(39-28)27(34)35-5/h9-12,14,22,32H,6-8,13H2,1-5H3. The molecule has 1 aliphatic heterocycles. The summed E-state index contributed by atoms with van der Waals surface area (Å²) in [7, 11) is 1.25. The number of methoxy groups -OCH3 is 1. The van der Waals surface area contributed by atoms with Gasteiger partial charge in [0.05, 0.1) is 37.6 Å². The predicted molar refractivity (Wildman–Crippen MR) is 144 cm³/mol. The lowest BCUT2D eigenvalue weighted by Gasteiger charge is -2.25. The van der Waals surface area contributed by atoms with Crippen molar-refractivity contribution in [2.24, 2.45) is 0 Å². The Morgan fingerprint density at radius 1 is 1.13 bits per heavy atom. The minimum atomic E-state index is -1.09. The van der Waals surface area contributed by atoms with Crippen LogP contribution in [0.1, 0.15) is 70.0 Å². The first-order chi connectivity index (χ1) is 18.7. The number of furan rings is 1. The van der Waals surface area contributed by atoms with E-state index in [0.717, 1.165) is 24.2 Å². The lowest BCUT2D eigenvalue weighted by Crippen LogP contribution is -2.31. The number of aromatic nitrogens is 1. The van der Waals surface area contributed by atoms with Gasteiger partial charge in [0, 0.05) is 0 Å². The lowest BCUT2D eigenvalue weighted by atomic mass is 9.95. The number of thiazole rings is 1. The predicted octanol–water partition coefficient (Wildman–Crippen LogP) is 5.50. The van der Waals surface area contributed by atoms with Gasteiger partial charge in [0.15, 0.2) is 28.1 Å². The van der Waals surface area contributed by atoms with E-state index in [4.69, 9.17) is 18.6 Å². The van der Waals surface area contributed by atoms with Crippen LogP contribution in [0.5, 0.6) is 11.5 Å². The quantitative estimate of drug-likeness (QED) is 0.186. The van der Waals surface area contributed by atoms with Crippen LogP contribution >= 0.6 is 11.3 Å². The van der Waals surface area contributed by atoms with Crippen LogP contribution in [0, 0.1) is 13.8 Å². The van der Waals surface area contributed by atoms with Gasteiger partial charge in [-0.1, -0.05) is 30.7 Å². The first kappa shape index (κ1) is 27.9. The van der Waals surface area contributed by atoms with Crippen molar-refractivity contribution in [3.63, 3.8) is 0 Å². The third-order valence-corrected chi connectivity index (χ3v) is 7.25. The molecule has 0 radical (unpaired) electrons. The van der Waals surface area contributed by atoms with Crippen LogP contribution in [0.3, 0.4) is 0 Å². The van der Waals surface area contributed by atoms with Crippen LogP contribution in [0.2, 0.25) is 0 Å². The Morgan fingerprint density at radius 2 is 1.90 bits per heavy atom. The molecule has 1 unspecified atom stereocenters. The monoisotopic (exact) mass is 554 g/mol. The van der Waals surface area contributed by atoms with Gasteiger partial charge in [-0.3, -0.25) is 14.5 Å². The largest absolute Gasteiger partial charge is 0.503 e. The number of benzene rings is 1. The fourth-order valence-corrected chi connectivity index (χ4v) is 5.23. The highest BCUT2D eigenvalue weighted by molar-refractivity contribution is 7.17. The second-order valence-electron chi connectivity index (χ2n) is 8.82. The molecule has 1 N–H and O–H groups in total. The number of ether oxygens (including phenoxy) is 3. The van der Waals surface area contributed by atoms with E-state index in [0.29, 0.717) is 41.7 Å². The summed E-state index contributed by atoms with van der Waals surface area (Å²) < 4.78 is 22.1. The SMILES string of the molecule is CCCCOc1ccc(C2C(C(=O)c3ccc(C)o3)=C(O)C(=O)N2c2nc(C)c(C(=O)OC)s2)cc1OCC. The number of aryl methyl sites for hydroxylation is 2. The Bertz CT molecular complexity index is 1440. The van der Waals surface area contributed by atoms with Crippen molar-refractivity contribution < 1.29 is 38.1 Å². The van der Waals surface area contributed by atoms with Crippen molar-refractivity contribution in [2.75, 3.05) is 25.2 Å². The summed E-state index contributed by atoms with van der Waals surface area (Å²) in [4.78, 5) is 45.2. The van der Waals surface area contributed by atoms with Crippen molar-refractivity contribution in [1.82, 2.24) is 4.98 Å². The van der Waals surface area contributed by atoms with E-state index in [2.05, 4.69) is 11.9 Å². The molecular weight excluding hydrogens is 524 g/mol. The molecule has 11 heteroatoms. The molecule has 1 aliphatic rings. The molecule has 1 atom stereocenters. The summed E-state index contributed by atoms with van der Waals surface area (Å²) >= 11 is 0.930. The van der Waals surface area contributed by atoms with Gasteiger partial charge in [0.2, 0.25) is 5.78 Å². The van der Waals surface area contributed by atoms with Crippen molar-refractivity contribution in [2.45, 2.75) is 46.6 Å². The molecule has 3 aromatic rings. The number of amides is 1. The summed E-state index contributed by atoms with van der Waals surface area (Å²) in [5.74, 6) is -1.39. The topological polar surface area (TPSA) is 128 Å². The summed E-state index contributed by atoms with van der Waals surface area (Å²) in [6, 6.07) is 7.11. The first-order valence-electron chi connectivity index (χ1n) is 12.5. The Labute approximate surface area is 229 Å². The van der Waals surface area contributed by atoms with Crippen LogP contribution in [0.4, 0.5) is 5.13 Å². The molecule has 2 aromatic heterocycles. The first-order valence-corrected chi connectivity index (χ1v) is 13.4. The smallest absolute Gasteiger partial charge is 0.350 e. The summed E-state index contributed by atoms with van der Waals surface area (Å²) in [5.41, 5.74) is 0.644. The number of ketones is 1. The number of esters is 1. The van der Waals surface area contributed by atoms with E-state index in [1.165, 1.54) is 18.1 Å². The third-order valence-electron chi connectivity index (χ3n) is 6.12. The maximum absolute atomic E-state index is 13.6. The number of carbonyl (C=O) groups excluding carboxylic acids is 3. The molecule has 10 nitrogen and oxygen atoms in total. The second kappa shape index (κ2) is 11.7. The van der Waals surface area contributed by atoms with Crippen molar-refractivity contribution in [3.05, 3.63) is 69.3 Å². The second-order valence-corrected chi connectivity index (χ2v) is 9.80. The molecule has 0 spiro atoms. The van der Waals surface area contributed by atoms with E-state index in [9.17, 15) is 19.5 Å². The highest BCUT2D eigenvalue weighted by atomic mass is 32.1. The van der Waals surface area contributed by atoms with E-state index in [1.807, 2.05) is 6.92 Å². The molecule has 206 valence electrons. The van der Waals surface area contributed by atoms with Gasteiger partial charge in [-0.15, -0.1) is 0 Å². The normalized spacial score (nSPS) is 15.2. The number of hydrogen-bond donors (Lipinski definition) is 1. The fraction of sp³-hybridized carbons (Fsp3) is 0.357.